The largest absolute Gasteiger partial charge is 0.339 e. The minimum absolute atomic E-state index is 0.0870. The Kier molecular flexibility index (Phi) is 2.45. The van der Waals surface area contributed by atoms with Crippen LogP contribution < -0.4 is 0 Å². The fourth-order valence-corrected chi connectivity index (χ4v) is 3.55. The first-order chi connectivity index (χ1) is 8.69. The van der Waals surface area contributed by atoms with Gasteiger partial charge in [0.05, 0.1) is 0 Å². The molecule has 1 aromatic rings. The van der Waals surface area contributed by atoms with Crippen LogP contribution in [0.25, 0.3) is 0 Å². The van der Waals surface area contributed by atoms with Crippen molar-refractivity contribution in [3.63, 3.8) is 0 Å². The van der Waals surface area contributed by atoms with Crippen LogP contribution >= 0.6 is 0 Å². The molecule has 2 heterocycles. The van der Waals surface area contributed by atoms with E-state index < -0.39 is 0 Å². The smallest absolute Gasteiger partial charge is 0.270 e. The lowest BCUT2D eigenvalue weighted by molar-refractivity contribution is 0.0512. The first-order valence-corrected chi connectivity index (χ1v) is 7.22. The quantitative estimate of drug-likeness (QED) is 0.704. The number of fused-ring (bicyclic) bond motifs is 3. The highest BCUT2D eigenvalue weighted by molar-refractivity contribution is 5.94. The highest BCUT2D eigenvalue weighted by Crippen LogP contribution is 2.39. The second-order valence-electron chi connectivity index (χ2n) is 7.80. The van der Waals surface area contributed by atoms with Crippen molar-refractivity contribution >= 4 is 5.91 Å². The van der Waals surface area contributed by atoms with Crippen LogP contribution in [0.5, 0.6) is 0 Å². The second-order valence-corrected chi connectivity index (χ2v) is 7.80. The molecular weight excluding hydrogens is 236 g/mol. The maximum Gasteiger partial charge on any atom is 0.270 e. The van der Waals surface area contributed by atoms with Gasteiger partial charge in [-0.1, -0.05) is 13.8 Å². The fraction of sp³-hybridized carbons (Fsp3) is 0.688. The molecule has 0 N–H and O–H groups in total. The molecule has 19 heavy (non-hydrogen) atoms. The van der Waals surface area contributed by atoms with Crippen LogP contribution in [0, 0.1) is 5.41 Å². The van der Waals surface area contributed by atoms with Crippen LogP contribution in [0.3, 0.4) is 0 Å². The number of carbonyl (C=O) groups excluding carboxylic acids is 1. The van der Waals surface area contributed by atoms with Gasteiger partial charge in [0.25, 0.3) is 5.91 Å². The van der Waals surface area contributed by atoms with Gasteiger partial charge in [0, 0.05) is 24.3 Å². The molecule has 1 aliphatic carbocycles. The van der Waals surface area contributed by atoms with Crippen molar-refractivity contribution in [3.8, 4) is 0 Å². The van der Waals surface area contributed by atoms with E-state index in [1.54, 1.807) is 0 Å². The standard InChI is InChI=1S/C16H24N2O/c1-15(2,3)18-7-6-17-12(14(18)19)8-11-9-16(4,5)10-13(11)17/h8H,6-7,9-10H2,1-5H3. The molecule has 0 saturated carbocycles. The number of nitrogens with zero attached hydrogens (tertiary/aromatic N) is 2. The third-order valence-electron chi connectivity index (χ3n) is 4.43. The number of hydrogen-bond acceptors (Lipinski definition) is 1. The van der Waals surface area contributed by atoms with Gasteiger partial charge in [0.15, 0.2) is 0 Å². The Hall–Kier alpha value is -1.25. The molecule has 3 nitrogen and oxygen atoms in total. The number of rotatable bonds is 0. The monoisotopic (exact) mass is 260 g/mol. The Labute approximate surface area is 115 Å². The molecule has 0 saturated heterocycles. The molecule has 0 atom stereocenters. The van der Waals surface area contributed by atoms with Gasteiger partial charge in [-0.05, 0) is 50.7 Å². The topological polar surface area (TPSA) is 25.2 Å². The van der Waals surface area contributed by atoms with Crippen LogP contribution in [0.4, 0.5) is 0 Å². The molecular formula is C16H24N2O. The van der Waals surface area contributed by atoms with E-state index in [-0.39, 0.29) is 11.4 Å². The summed E-state index contributed by atoms with van der Waals surface area (Å²) in [6, 6.07) is 2.14. The number of hydrogen-bond donors (Lipinski definition) is 0. The first kappa shape index (κ1) is 12.8. The third kappa shape index (κ3) is 1.90. The lowest BCUT2D eigenvalue weighted by atomic mass is 9.90. The summed E-state index contributed by atoms with van der Waals surface area (Å²) in [5.41, 5.74) is 3.97. The molecule has 0 unspecified atom stereocenters. The highest BCUT2D eigenvalue weighted by atomic mass is 16.2. The normalized spacial score (nSPS) is 21.5. The summed E-state index contributed by atoms with van der Waals surface area (Å²) in [5, 5.41) is 0. The van der Waals surface area contributed by atoms with E-state index in [1.165, 1.54) is 11.3 Å². The molecule has 0 spiro atoms. The van der Waals surface area contributed by atoms with Gasteiger partial charge in [0.2, 0.25) is 0 Å². The Morgan fingerprint density at radius 3 is 2.47 bits per heavy atom. The van der Waals surface area contributed by atoms with Crippen molar-refractivity contribution in [1.82, 2.24) is 9.47 Å². The summed E-state index contributed by atoms with van der Waals surface area (Å²) in [5.74, 6) is 0.200. The number of amides is 1. The Morgan fingerprint density at radius 1 is 1.16 bits per heavy atom. The number of carbonyl (C=O) groups is 1. The third-order valence-corrected chi connectivity index (χ3v) is 4.43. The fourth-order valence-electron chi connectivity index (χ4n) is 3.55. The van der Waals surface area contributed by atoms with Crippen molar-refractivity contribution in [1.29, 1.82) is 0 Å². The predicted octanol–water partition coefficient (Wildman–Crippen LogP) is 2.87. The molecule has 1 aliphatic heterocycles. The van der Waals surface area contributed by atoms with Gasteiger partial charge in [-0.25, -0.2) is 0 Å². The maximum absolute atomic E-state index is 12.6. The highest BCUT2D eigenvalue weighted by Gasteiger charge is 2.38. The molecule has 1 aromatic heterocycles. The summed E-state index contributed by atoms with van der Waals surface area (Å²) < 4.78 is 2.27. The van der Waals surface area contributed by atoms with E-state index >= 15 is 0 Å². The van der Waals surface area contributed by atoms with E-state index in [4.69, 9.17) is 0 Å². The SMILES string of the molecule is CC1(C)Cc2cc3n(c2C1)CCN(C(C)(C)C)C3=O. The van der Waals surface area contributed by atoms with Crippen LogP contribution in [0.1, 0.15) is 56.4 Å². The molecule has 0 radical (unpaired) electrons. The zero-order valence-electron chi connectivity index (χ0n) is 12.7. The van der Waals surface area contributed by atoms with E-state index in [0.29, 0.717) is 5.41 Å². The lowest BCUT2D eigenvalue weighted by Gasteiger charge is -2.39. The summed E-state index contributed by atoms with van der Waals surface area (Å²) in [7, 11) is 0. The van der Waals surface area contributed by atoms with Gasteiger partial charge in [-0.3, -0.25) is 4.79 Å². The van der Waals surface area contributed by atoms with E-state index in [9.17, 15) is 4.79 Å². The van der Waals surface area contributed by atoms with E-state index in [1.807, 2.05) is 4.90 Å². The maximum atomic E-state index is 12.6. The molecule has 0 bridgehead atoms. The van der Waals surface area contributed by atoms with E-state index in [0.717, 1.165) is 31.6 Å². The minimum atomic E-state index is -0.0870. The second kappa shape index (κ2) is 3.65. The molecule has 0 aromatic carbocycles. The summed E-state index contributed by atoms with van der Waals surface area (Å²) in [6.45, 7) is 12.7. The summed E-state index contributed by atoms with van der Waals surface area (Å²) in [6.07, 6.45) is 2.20. The Balaban J connectivity index is 1.99. The van der Waals surface area contributed by atoms with Crippen molar-refractivity contribution in [2.75, 3.05) is 6.54 Å². The van der Waals surface area contributed by atoms with Crippen molar-refractivity contribution in [3.05, 3.63) is 23.0 Å². The van der Waals surface area contributed by atoms with Gasteiger partial charge in [-0.2, -0.15) is 0 Å². The van der Waals surface area contributed by atoms with Crippen LogP contribution in [0.15, 0.2) is 6.07 Å². The van der Waals surface area contributed by atoms with E-state index in [2.05, 4.69) is 45.3 Å². The average Bonchev–Trinajstić information content (AvgIpc) is 2.70. The Morgan fingerprint density at radius 2 is 1.84 bits per heavy atom. The molecule has 1 amide bonds. The molecule has 104 valence electrons. The zero-order valence-corrected chi connectivity index (χ0v) is 12.7. The summed E-state index contributed by atoms with van der Waals surface area (Å²) >= 11 is 0. The van der Waals surface area contributed by atoms with Crippen LogP contribution in [-0.4, -0.2) is 27.5 Å². The van der Waals surface area contributed by atoms with Crippen molar-refractivity contribution in [2.24, 2.45) is 5.41 Å². The van der Waals surface area contributed by atoms with Gasteiger partial charge in [0.1, 0.15) is 5.69 Å². The molecule has 3 rings (SSSR count). The van der Waals surface area contributed by atoms with Crippen molar-refractivity contribution in [2.45, 2.75) is 59.5 Å². The zero-order chi connectivity index (χ0) is 14.0. The van der Waals surface area contributed by atoms with Crippen LogP contribution in [-0.2, 0) is 19.4 Å². The first-order valence-electron chi connectivity index (χ1n) is 7.22. The number of aromatic nitrogens is 1. The average molecular weight is 260 g/mol. The van der Waals surface area contributed by atoms with Crippen LogP contribution in [0.2, 0.25) is 0 Å². The molecule has 2 aliphatic rings. The van der Waals surface area contributed by atoms with Gasteiger partial charge >= 0.3 is 0 Å². The minimum Gasteiger partial charge on any atom is -0.339 e. The van der Waals surface area contributed by atoms with Crippen molar-refractivity contribution < 1.29 is 4.79 Å². The van der Waals surface area contributed by atoms with Gasteiger partial charge in [-0.15, -0.1) is 0 Å². The molecule has 3 heteroatoms. The Bertz CT molecular complexity index is 546. The predicted molar refractivity (Wildman–Crippen MR) is 76.4 cm³/mol. The van der Waals surface area contributed by atoms with Gasteiger partial charge < -0.3 is 9.47 Å². The lowest BCUT2D eigenvalue weighted by Crippen LogP contribution is -2.50. The molecule has 0 fully saturated rings. The summed E-state index contributed by atoms with van der Waals surface area (Å²) in [4.78, 5) is 14.6.